The topological polar surface area (TPSA) is 32.7 Å². The van der Waals surface area contributed by atoms with Gasteiger partial charge < -0.3 is 0 Å². The summed E-state index contributed by atoms with van der Waals surface area (Å²) in [6.45, 7) is 6.62. The van der Waals surface area contributed by atoms with Gasteiger partial charge in [-0.2, -0.15) is 5.10 Å². The molecule has 0 amide bonds. The van der Waals surface area contributed by atoms with Gasteiger partial charge in [-0.1, -0.05) is 106 Å². The van der Waals surface area contributed by atoms with Gasteiger partial charge in [-0.25, -0.2) is 0 Å². The van der Waals surface area contributed by atoms with Crippen LogP contribution in [0.25, 0.3) is 0 Å². The molecule has 0 saturated heterocycles. The van der Waals surface area contributed by atoms with Crippen molar-refractivity contribution in [3.05, 3.63) is 107 Å². The van der Waals surface area contributed by atoms with E-state index in [0.717, 1.165) is 16.7 Å². The molecule has 3 aromatic rings. The molecule has 3 aromatic carbocycles. The monoisotopic (exact) mass is 398 g/mol. The van der Waals surface area contributed by atoms with Crippen LogP contribution in [0.15, 0.2) is 90.0 Å². The maximum Gasteiger partial charge on any atom is 0.165 e. The van der Waals surface area contributed by atoms with Crippen molar-refractivity contribution in [2.24, 2.45) is 5.10 Å². The van der Waals surface area contributed by atoms with Gasteiger partial charge in [0.25, 0.3) is 0 Å². The molecular formula is C27H30N2O. The summed E-state index contributed by atoms with van der Waals surface area (Å²) in [5.41, 5.74) is 4.26. The van der Waals surface area contributed by atoms with Gasteiger partial charge in [-0.15, -0.1) is 0 Å². The molecule has 0 aliphatic heterocycles. The first-order chi connectivity index (χ1) is 14.3. The van der Waals surface area contributed by atoms with E-state index in [1.165, 1.54) is 5.56 Å². The maximum absolute atomic E-state index is 12.9. The third kappa shape index (κ3) is 5.66. The predicted molar refractivity (Wildman–Crippen MR) is 125 cm³/mol. The van der Waals surface area contributed by atoms with Crippen LogP contribution in [0, 0.1) is 0 Å². The van der Waals surface area contributed by atoms with Crippen molar-refractivity contribution in [1.82, 2.24) is 5.01 Å². The Bertz CT molecular complexity index is 971. The van der Waals surface area contributed by atoms with E-state index < -0.39 is 0 Å². The minimum Gasteiger partial charge on any atom is -0.294 e. The van der Waals surface area contributed by atoms with Crippen LogP contribution in [-0.2, 0) is 5.41 Å². The maximum atomic E-state index is 12.9. The van der Waals surface area contributed by atoms with Gasteiger partial charge in [0.15, 0.2) is 5.78 Å². The third-order valence-corrected chi connectivity index (χ3v) is 5.28. The number of rotatable bonds is 7. The van der Waals surface area contributed by atoms with Crippen molar-refractivity contribution in [3.63, 3.8) is 0 Å². The smallest absolute Gasteiger partial charge is 0.165 e. The molecular weight excluding hydrogens is 368 g/mol. The van der Waals surface area contributed by atoms with Crippen molar-refractivity contribution in [1.29, 1.82) is 0 Å². The lowest BCUT2D eigenvalue weighted by Crippen LogP contribution is -2.22. The standard InChI is InChI=1S/C27H30N2O/c1-27(2,3)24-17-15-21(16-18-24)20-28-29(4)25(22-11-7-5-8-12-22)19-26(30)23-13-9-6-10-14-23/h5-18,20,25H,19H2,1-4H3/b28-20+. The summed E-state index contributed by atoms with van der Waals surface area (Å²) in [6.07, 6.45) is 2.22. The number of hydrazone groups is 1. The van der Waals surface area contributed by atoms with Crippen LogP contribution >= 0.6 is 0 Å². The van der Waals surface area contributed by atoms with Crippen molar-refractivity contribution >= 4 is 12.0 Å². The van der Waals surface area contributed by atoms with Crippen LogP contribution in [0.3, 0.4) is 0 Å². The summed E-state index contributed by atoms with van der Waals surface area (Å²) < 4.78 is 0. The Labute approximate surface area is 180 Å². The normalized spacial score (nSPS) is 12.7. The molecule has 0 spiro atoms. The minimum atomic E-state index is -0.135. The van der Waals surface area contributed by atoms with Gasteiger partial charge >= 0.3 is 0 Å². The number of ketones is 1. The van der Waals surface area contributed by atoms with Crippen molar-refractivity contribution in [2.45, 2.75) is 38.6 Å². The van der Waals surface area contributed by atoms with Crippen LogP contribution in [0.2, 0.25) is 0 Å². The van der Waals surface area contributed by atoms with E-state index in [1.54, 1.807) is 0 Å². The van der Waals surface area contributed by atoms with Crippen LogP contribution in [-0.4, -0.2) is 24.1 Å². The van der Waals surface area contributed by atoms with E-state index >= 15 is 0 Å². The summed E-state index contributed by atoms with van der Waals surface area (Å²) in [5.74, 6) is 0.112. The second-order valence-electron chi connectivity index (χ2n) is 8.61. The first kappa shape index (κ1) is 21.5. The van der Waals surface area contributed by atoms with Crippen LogP contribution < -0.4 is 0 Å². The van der Waals surface area contributed by atoms with Crippen molar-refractivity contribution in [2.75, 3.05) is 7.05 Å². The van der Waals surface area contributed by atoms with E-state index in [-0.39, 0.29) is 17.2 Å². The quantitative estimate of drug-likeness (QED) is 0.267. The highest BCUT2D eigenvalue weighted by Crippen LogP contribution is 2.26. The lowest BCUT2D eigenvalue weighted by Gasteiger charge is -2.25. The molecule has 0 heterocycles. The molecule has 0 saturated carbocycles. The average Bonchev–Trinajstić information content (AvgIpc) is 2.76. The van der Waals surface area contributed by atoms with E-state index in [2.05, 4.69) is 50.1 Å². The predicted octanol–water partition coefficient (Wildman–Crippen LogP) is 6.26. The first-order valence-corrected chi connectivity index (χ1v) is 10.3. The highest BCUT2D eigenvalue weighted by molar-refractivity contribution is 5.96. The summed E-state index contributed by atoms with van der Waals surface area (Å²) in [4.78, 5) is 12.9. The number of nitrogens with zero attached hydrogens (tertiary/aromatic N) is 2. The number of carbonyl (C=O) groups excluding carboxylic acids is 1. The van der Waals surface area contributed by atoms with Gasteiger partial charge in [0, 0.05) is 19.0 Å². The number of carbonyl (C=O) groups is 1. The Kier molecular flexibility index (Phi) is 6.83. The molecule has 0 bridgehead atoms. The Morgan fingerprint density at radius 3 is 2.03 bits per heavy atom. The number of Topliss-reactive ketones (excluding diaryl/α,β-unsaturated/α-hetero) is 1. The Balaban J connectivity index is 1.79. The third-order valence-electron chi connectivity index (χ3n) is 5.28. The molecule has 3 rings (SSSR count). The summed E-state index contributed by atoms with van der Waals surface area (Å²) in [7, 11) is 1.93. The Hall–Kier alpha value is -3.20. The van der Waals surface area contributed by atoms with Crippen LogP contribution in [0.1, 0.15) is 60.3 Å². The zero-order valence-corrected chi connectivity index (χ0v) is 18.2. The zero-order valence-electron chi connectivity index (χ0n) is 18.2. The molecule has 0 aromatic heterocycles. The molecule has 3 heteroatoms. The molecule has 3 nitrogen and oxygen atoms in total. The highest BCUT2D eigenvalue weighted by Gasteiger charge is 2.20. The molecule has 0 aliphatic carbocycles. The van der Waals surface area contributed by atoms with Gasteiger partial charge in [-0.05, 0) is 22.1 Å². The van der Waals surface area contributed by atoms with E-state index in [9.17, 15) is 4.79 Å². The summed E-state index contributed by atoms with van der Waals surface area (Å²) >= 11 is 0. The second-order valence-corrected chi connectivity index (χ2v) is 8.61. The molecule has 1 atom stereocenters. The summed E-state index contributed by atoms with van der Waals surface area (Å²) in [5, 5.41) is 6.55. The number of hydrogen-bond acceptors (Lipinski definition) is 3. The number of benzene rings is 3. The summed E-state index contributed by atoms with van der Waals surface area (Å²) in [6, 6.07) is 27.9. The molecule has 0 aliphatic rings. The van der Waals surface area contributed by atoms with Gasteiger partial charge in [0.05, 0.1) is 12.3 Å². The molecule has 0 N–H and O–H groups in total. The highest BCUT2D eigenvalue weighted by atomic mass is 16.1. The van der Waals surface area contributed by atoms with Crippen molar-refractivity contribution < 1.29 is 4.79 Å². The van der Waals surface area contributed by atoms with E-state index in [1.807, 2.05) is 78.9 Å². The second kappa shape index (κ2) is 9.53. The lowest BCUT2D eigenvalue weighted by molar-refractivity contribution is 0.0935. The molecule has 0 radical (unpaired) electrons. The Morgan fingerprint density at radius 2 is 1.47 bits per heavy atom. The fourth-order valence-corrected chi connectivity index (χ4v) is 3.37. The number of hydrogen-bond donors (Lipinski definition) is 0. The first-order valence-electron chi connectivity index (χ1n) is 10.3. The van der Waals surface area contributed by atoms with Crippen LogP contribution in [0.5, 0.6) is 0 Å². The molecule has 154 valence electrons. The molecule has 30 heavy (non-hydrogen) atoms. The van der Waals surface area contributed by atoms with Gasteiger partial charge in [-0.3, -0.25) is 9.80 Å². The molecule has 1 unspecified atom stereocenters. The SMILES string of the molecule is CN(/N=C/c1ccc(C(C)(C)C)cc1)C(CC(=O)c1ccccc1)c1ccccc1. The largest absolute Gasteiger partial charge is 0.294 e. The van der Waals surface area contributed by atoms with Gasteiger partial charge in [0.2, 0.25) is 0 Å². The lowest BCUT2D eigenvalue weighted by atomic mass is 9.87. The average molecular weight is 399 g/mol. The molecule has 0 fully saturated rings. The zero-order chi connectivity index (χ0) is 21.6. The van der Waals surface area contributed by atoms with E-state index in [0.29, 0.717) is 6.42 Å². The fourth-order valence-electron chi connectivity index (χ4n) is 3.37. The van der Waals surface area contributed by atoms with E-state index in [4.69, 9.17) is 0 Å². The van der Waals surface area contributed by atoms with Crippen LogP contribution in [0.4, 0.5) is 0 Å². The van der Waals surface area contributed by atoms with Gasteiger partial charge in [0.1, 0.15) is 0 Å². The Morgan fingerprint density at radius 1 is 0.900 bits per heavy atom. The minimum absolute atomic E-state index is 0.112. The fraction of sp³-hybridized carbons (Fsp3) is 0.259. The van der Waals surface area contributed by atoms with Crippen molar-refractivity contribution in [3.8, 4) is 0 Å².